The number of ether oxygens (including phenoxy) is 1. The summed E-state index contributed by atoms with van der Waals surface area (Å²) in [7, 11) is 0. The molecule has 4 rings (SSSR count). The molecule has 1 aromatic heterocycles. The molecule has 1 amide bonds. The molecule has 0 radical (unpaired) electrons. The smallest absolute Gasteiger partial charge is 0.252 e. The molecule has 1 unspecified atom stereocenters. The molecular weight excluding hydrogens is 388 g/mol. The van der Waals surface area contributed by atoms with Crippen molar-refractivity contribution in [3.8, 4) is 17.0 Å². The van der Waals surface area contributed by atoms with E-state index in [4.69, 9.17) is 16.3 Å². The molecule has 5 nitrogen and oxygen atoms in total. The minimum absolute atomic E-state index is 0.0717. The van der Waals surface area contributed by atoms with E-state index in [1.165, 1.54) is 12.8 Å². The highest BCUT2D eigenvalue weighted by Gasteiger charge is 2.24. The van der Waals surface area contributed by atoms with Gasteiger partial charge in [0.2, 0.25) is 5.88 Å². The fourth-order valence-corrected chi connectivity index (χ4v) is 3.72. The number of hydrogen-bond acceptors (Lipinski definition) is 4. The summed E-state index contributed by atoms with van der Waals surface area (Å²) in [5.74, 6) is 1.09. The summed E-state index contributed by atoms with van der Waals surface area (Å²) in [6, 6.07) is 9.21. The maximum Gasteiger partial charge on any atom is 0.252 e. The second kappa shape index (κ2) is 8.95. The van der Waals surface area contributed by atoms with Crippen LogP contribution in [0.15, 0.2) is 36.5 Å². The molecule has 152 valence electrons. The van der Waals surface area contributed by atoms with Crippen LogP contribution in [0.5, 0.6) is 5.88 Å². The summed E-state index contributed by atoms with van der Waals surface area (Å²) in [5, 5.41) is 3.55. The van der Waals surface area contributed by atoms with E-state index in [0.717, 1.165) is 30.4 Å². The summed E-state index contributed by atoms with van der Waals surface area (Å²) in [6.45, 7) is 1.02. The number of carbonyl (C=O) groups excluding carboxylic acids is 2. The van der Waals surface area contributed by atoms with E-state index in [2.05, 4.69) is 10.3 Å². The van der Waals surface area contributed by atoms with Crippen molar-refractivity contribution in [1.82, 2.24) is 10.3 Å². The van der Waals surface area contributed by atoms with E-state index in [-0.39, 0.29) is 17.6 Å². The number of nitrogens with zero attached hydrogens (tertiary/aromatic N) is 1. The predicted octanol–water partition coefficient (Wildman–Crippen LogP) is 4.68. The SMILES string of the molecule is O=C(NCC1CCCCC1=O)c1cnc(OCC2CC2)c(-c2ccc(Cl)cc2)c1. The van der Waals surface area contributed by atoms with Crippen LogP contribution >= 0.6 is 11.6 Å². The standard InChI is InChI=1S/C23H25ClN2O3/c24-19-9-7-16(8-10-19)20-11-18(13-26-23(20)29-14-15-5-6-15)22(28)25-12-17-3-1-2-4-21(17)27/h7-11,13,15,17H,1-6,12,14H2,(H,25,28). The largest absolute Gasteiger partial charge is 0.477 e. The molecule has 0 saturated heterocycles. The van der Waals surface area contributed by atoms with E-state index >= 15 is 0 Å². The molecule has 2 fully saturated rings. The fraction of sp³-hybridized carbons (Fsp3) is 0.435. The van der Waals surface area contributed by atoms with Crippen LogP contribution in [0, 0.1) is 11.8 Å². The Kier molecular flexibility index (Phi) is 6.14. The first-order chi connectivity index (χ1) is 14.1. The summed E-state index contributed by atoms with van der Waals surface area (Å²) in [6.07, 6.45) is 7.39. The first-order valence-corrected chi connectivity index (χ1v) is 10.7. The molecule has 1 heterocycles. The van der Waals surface area contributed by atoms with E-state index in [1.807, 2.05) is 24.3 Å². The van der Waals surface area contributed by atoms with Crippen molar-refractivity contribution in [1.29, 1.82) is 0 Å². The Morgan fingerprint density at radius 2 is 1.97 bits per heavy atom. The third-order valence-electron chi connectivity index (χ3n) is 5.61. The van der Waals surface area contributed by atoms with Gasteiger partial charge in [-0.3, -0.25) is 9.59 Å². The van der Waals surface area contributed by atoms with Crippen LogP contribution in [0.3, 0.4) is 0 Å². The van der Waals surface area contributed by atoms with Crippen LogP contribution in [0.4, 0.5) is 0 Å². The van der Waals surface area contributed by atoms with Crippen LogP contribution in [0.1, 0.15) is 48.9 Å². The molecule has 29 heavy (non-hydrogen) atoms. The monoisotopic (exact) mass is 412 g/mol. The first kappa shape index (κ1) is 19.9. The van der Waals surface area contributed by atoms with Gasteiger partial charge in [-0.1, -0.05) is 30.2 Å². The minimum atomic E-state index is -0.222. The van der Waals surface area contributed by atoms with Gasteiger partial charge in [0, 0.05) is 35.7 Å². The van der Waals surface area contributed by atoms with Gasteiger partial charge in [0.1, 0.15) is 5.78 Å². The Morgan fingerprint density at radius 1 is 1.17 bits per heavy atom. The normalized spacial score (nSPS) is 19.1. The lowest BCUT2D eigenvalue weighted by molar-refractivity contribution is -0.124. The zero-order valence-corrected chi connectivity index (χ0v) is 17.1. The van der Waals surface area contributed by atoms with Gasteiger partial charge < -0.3 is 10.1 Å². The number of aromatic nitrogens is 1. The van der Waals surface area contributed by atoms with Crippen molar-refractivity contribution in [3.05, 3.63) is 47.1 Å². The molecule has 1 atom stereocenters. The van der Waals surface area contributed by atoms with Gasteiger partial charge in [-0.25, -0.2) is 4.98 Å². The predicted molar refractivity (Wildman–Crippen MR) is 112 cm³/mol. The highest BCUT2D eigenvalue weighted by molar-refractivity contribution is 6.30. The lowest BCUT2D eigenvalue weighted by Crippen LogP contribution is -2.34. The van der Waals surface area contributed by atoms with E-state index < -0.39 is 0 Å². The number of hydrogen-bond donors (Lipinski definition) is 1. The number of amides is 1. The Balaban J connectivity index is 1.51. The van der Waals surface area contributed by atoms with Gasteiger partial charge in [-0.15, -0.1) is 0 Å². The maximum atomic E-state index is 12.7. The highest BCUT2D eigenvalue weighted by atomic mass is 35.5. The average Bonchev–Trinajstić information content (AvgIpc) is 3.56. The summed E-state index contributed by atoms with van der Waals surface area (Å²) in [5.41, 5.74) is 2.12. The molecule has 2 aliphatic rings. The van der Waals surface area contributed by atoms with Crippen LogP contribution in [0.25, 0.3) is 11.1 Å². The molecule has 2 aromatic rings. The summed E-state index contributed by atoms with van der Waals surface area (Å²) in [4.78, 5) is 29.1. The van der Waals surface area contributed by atoms with Gasteiger partial charge >= 0.3 is 0 Å². The van der Waals surface area contributed by atoms with Crippen molar-refractivity contribution in [2.24, 2.45) is 11.8 Å². The summed E-state index contributed by atoms with van der Waals surface area (Å²) < 4.78 is 5.93. The number of halogens is 1. The van der Waals surface area contributed by atoms with Crippen molar-refractivity contribution in [2.45, 2.75) is 38.5 Å². The average molecular weight is 413 g/mol. The fourth-order valence-electron chi connectivity index (χ4n) is 3.60. The number of carbonyl (C=O) groups is 2. The molecule has 1 N–H and O–H groups in total. The van der Waals surface area contributed by atoms with Crippen LogP contribution < -0.4 is 10.1 Å². The number of pyridine rings is 1. The Hall–Kier alpha value is -2.40. The van der Waals surface area contributed by atoms with Crippen molar-refractivity contribution in [3.63, 3.8) is 0 Å². The van der Waals surface area contributed by atoms with Gasteiger partial charge in [0.15, 0.2) is 0 Å². The topological polar surface area (TPSA) is 68.3 Å². The Labute approximate surface area is 175 Å². The van der Waals surface area contributed by atoms with E-state index in [0.29, 0.717) is 42.0 Å². The molecule has 0 bridgehead atoms. The number of ketones is 1. The molecule has 0 spiro atoms. The van der Waals surface area contributed by atoms with Crippen molar-refractivity contribution >= 4 is 23.3 Å². The summed E-state index contributed by atoms with van der Waals surface area (Å²) >= 11 is 6.02. The molecule has 1 aromatic carbocycles. The number of Topliss-reactive ketones (excluding diaryl/α,β-unsaturated/α-hetero) is 1. The Bertz CT molecular complexity index is 893. The van der Waals surface area contributed by atoms with Crippen LogP contribution in [-0.2, 0) is 4.79 Å². The second-order valence-corrected chi connectivity index (χ2v) is 8.39. The molecule has 2 aliphatic carbocycles. The van der Waals surface area contributed by atoms with Crippen LogP contribution in [-0.4, -0.2) is 29.8 Å². The number of rotatable bonds is 7. The lowest BCUT2D eigenvalue weighted by Gasteiger charge is -2.20. The maximum absolute atomic E-state index is 12.7. The Morgan fingerprint density at radius 3 is 2.69 bits per heavy atom. The van der Waals surface area contributed by atoms with Gasteiger partial charge in [-0.05, 0) is 55.4 Å². The molecule has 6 heteroatoms. The van der Waals surface area contributed by atoms with E-state index in [9.17, 15) is 9.59 Å². The molecule has 2 saturated carbocycles. The van der Waals surface area contributed by atoms with E-state index in [1.54, 1.807) is 12.3 Å². The highest BCUT2D eigenvalue weighted by Crippen LogP contribution is 2.33. The quantitative estimate of drug-likeness (QED) is 0.716. The number of nitrogens with one attached hydrogen (secondary N) is 1. The second-order valence-electron chi connectivity index (χ2n) is 7.96. The molecule has 0 aliphatic heterocycles. The van der Waals surface area contributed by atoms with Gasteiger partial charge in [-0.2, -0.15) is 0 Å². The minimum Gasteiger partial charge on any atom is -0.477 e. The lowest BCUT2D eigenvalue weighted by atomic mass is 9.88. The van der Waals surface area contributed by atoms with Gasteiger partial charge in [0.05, 0.1) is 12.2 Å². The van der Waals surface area contributed by atoms with Crippen molar-refractivity contribution in [2.75, 3.05) is 13.2 Å². The zero-order valence-electron chi connectivity index (χ0n) is 16.3. The third kappa shape index (κ3) is 5.15. The molecular formula is C23H25ClN2O3. The van der Waals surface area contributed by atoms with Crippen molar-refractivity contribution < 1.29 is 14.3 Å². The van der Waals surface area contributed by atoms with Crippen LogP contribution in [0.2, 0.25) is 5.02 Å². The zero-order chi connectivity index (χ0) is 20.2. The van der Waals surface area contributed by atoms with Gasteiger partial charge in [0.25, 0.3) is 5.91 Å². The third-order valence-corrected chi connectivity index (χ3v) is 5.86. The first-order valence-electron chi connectivity index (χ1n) is 10.3. The number of benzene rings is 1.